The van der Waals surface area contributed by atoms with Crippen molar-refractivity contribution in [2.75, 3.05) is 5.32 Å². The molecule has 0 saturated carbocycles. The quantitative estimate of drug-likeness (QED) is 0.846. The lowest BCUT2D eigenvalue weighted by Crippen LogP contribution is -2.06. The highest BCUT2D eigenvalue weighted by Gasteiger charge is 2.04. The smallest absolute Gasteiger partial charge is 0.222 e. The van der Waals surface area contributed by atoms with Gasteiger partial charge < -0.3 is 5.32 Å². The number of carbonyl (C=O) groups excluding carboxylic acids is 1. The molecule has 1 amide bonds. The van der Waals surface area contributed by atoms with Crippen molar-refractivity contribution >= 4 is 33.2 Å². The van der Waals surface area contributed by atoms with E-state index in [9.17, 15) is 4.79 Å². The molecule has 1 N–H and O–H groups in total. The summed E-state index contributed by atoms with van der Waals surface area (Å²) in [6, 6.07) is 5.61. The molecule has 0 aliphatic rings. The number of aromatic nitrogens is 2. The van der Waals surface area contributed by atoms with E-state index >= 15 is 0 Å². The van der Waals surface area contributed by atoms with Crippen molar-refractivity contribution in [3.63, 3.8) is 0 Å². The number of anilines is 1. The Labute approximate surface area is 89.0 Å². The number of pyridine rings is 1. The molecular formula is C9H8BrN3O. The number of nitrogens with zero attached hydrogens (tertiary/aromatic N) is 2. The van der Waals surface area contributed by atoms with E-state index in [1.165, 1.54) is 6.92 Å². The molecule has 2 aromatic heterocycles. The largest absolute Gasteiger partial charge is 0.309 e. The molecule has 14 heavy (non-hydrogen) atoms. The van der Waals surface area contributed by atoms with E-state index in [1.807, 2.05) is 24.4 Å². The lowest BCUT2D eigenvalue weighted by molar-refractivity contribution is -0.114. The van der Waals surface area contributed by atoms with Crippen LogP contribution in [0.3, 0.4) is 0 Å². The number of hydrogen-bond donors (Lipinski definition) is 1. The van der Waals surface area contributed by atoms with Crippen LogP contribution in [0.15, 0.2) is 28.9 Å². The third-order valence-corrected chi connectivity index (χ3v) is 2.42. The first-order valence-corrected chi connectivity index (χ1v) is 4.87. The number of halogens is 1. The van der Waals surface area contributed by atoms with E-state index in [0.29, 0.717) is 5.82 Å². The van der Waals surface area contributed by atoms with Crippen LogP contribution in [-0.4, -0.2) is 15.5 Å². The summed E-state index contributed by atoms with van der Waals surface area (Å²) in [6.45, 7) is 1.46. The molecule has 0 radical (unpaired) electrons. The first-order chi connectivity index (χ1) is 6.66. The predicted molar refractivity (Wildman–Crippen MR) is 57.2 cm³/mol. The van der Waals surface area contributed by atoms with Gasteiger partial charge in [0.05, 0.1) is 5.52 Å². The Kier molecular flexibility index (Phi) is 2.25. The van der Waals surface area contributed by atoms with Crippen molar-refractivity contribution in [2.24, 2.45) is 0 Å². The van der Waals surface area contributed by atoms with Crippen LogP contribution in [0.4, 0.5) is 5.82 Å². The fourth-order valence-electron chi connectivity index (χ4n) is 1.22. The van der Waals surface area contributed by atoms with Gasteiger partial charge in [-0.2, -0.15) is 0 Å². The highest BCUT2D eigenvalue weighted by molar-refractivity contribution is 9.10. The molecule has 0 bridgehead atoms. The monoisotopic (exact) mass is 253 g/mol. The lowest BCUT2D eigenvalue weighted by atomic mass is 10.4. The summed E-state index contributed by atoms with van der Waals surface area (Å²) in [6.07, 6.45) is 1.82. The van der Waals surface area contributed by atoms with Gasteiger partial charge in [0.15, 0.2) is 5.82 Å². The van der Waals surface area contributed by atoms with Crippen LogP contribution in [0, 0.1) is 0 Å². The van der Waals surface area contributed by atoms with Gasteiger partial charge in [-0.25, -0.2) is 4.52 Å². The van der Waals surface area contributed by atoms with Crippen LogP contribution in [0.2, 0.25) is 0 Å². The zero-order chi connectivity index (χ0) is 10.1. The third-order valence-electron chi connectivity index (χ3n) is 1.75. The molecule has 0 spiro atoms. The number of fused-ring (bicyclic) bond motifs is 1. The molecule has 4 nitrogen and oxygen atoms in total. The van der Waals surface area contributed by atoms with Crippen LogP contribution in [0.25, 0.3) is 5.52 Å². The SMILES string of the molecule is CC(=O)Nc1cc2c(Br)cccn2n1. The van der Waals surface area contributed by atoms with Crippen molar-refractivity contribution in [3.05, 3.63) is 28.9 Å². The molecular weight excluding hydrogens is 246 g/mol. The summed E-state index contributed by atoms with van der Waals surface area (Å²) in [5, 5.41) is 6.80. The molecule has 0 aliphatic heterocycles. The maximum Gasteiger partial charge on any atom is 0.222 e. The molecule has 2 heterocycles. The Morgan fingerprint density at radius 2 is 2.43 bits per heavy atom. The molecule has 0 aromatic carbocycles. The normalized spacial score (nSPS) is 10.4. The summed E-state index contributed by atoms with van der Waals surface area (Å²) >= 11 is 3.40. The van der Waals surface area contributed by atoms with Crippen LogP contribution in [0.5, 0.6) is 0 Å². The standard InChI is InChI=1S/C9H8BrN3O/c1-6(14)11-9-5-8-7(10)3-2-4-13(8)12-9/h2-5H,1H3,(H,11,12,14). The van der Waals surface area contributed by atoms with Gasteiger partial charge in [0, 0.05) is 23.7 Å². The number of carbonyl (C=O) groups is 1. The number of rotatable bonds is 1. The van der Waals surface area contributed by atoms with Crippen molar-refractivity contribution < 1.29 is 4.79 Å². The van der Waals surface area contributed by atoms with Gasteiger partial charge in [0.2, 0.25) is 5.91 Å². The van der Waals surface area contributed by atoms with E-state index in [1.54, 1.807) is 4.52 Å². The highest BCUT2D eigenvalue weighted by atomic mass is 79.9. The van der Waals surface area contributed by atoms with Crippen molar-refractivity contribution in [1.29, 1.82) is 0 Å². The topological polar surface area (TPSA) is 46.4 Å². The summed E-state index contributed by atoms with van der Waals surface area (Å²) < 4.78 is 2.65. The van der Waals surface area contributed by atoms with Gasteiger partial charge in [-0.15, -0.1) is 5.10 Å². The number of nitrogens with one attached hydrogen (secondary N) is 1. The summed E-state index contributed by atoms with van der Waals surface area (Å²) in [4.78, 5) is 10.8. The Hall–Kier alpha value is -1.36. The third kappa shape index (κ3) is 1.63. The molecule has 0 saturated heterocycles. The summed E-state index contributed by atoms with van der Waals surface area (Å²) in [7, 11) is 0. The second kappa shape index (κ2) is 3.42. The maximum atomic E-state index is 10.8. The Bertz CT molecular complexity index is 492. The van der Waals surface area contributed by atoms with Crippen LogP contribution < -0.4 is 5.32 Å². The van der Waals surface area contributed by atoms with Crippen molar-refractivity contribution in [1.82, 2.24) is 9.61 Å². The van der Waals surface area contributed by atoms with Gasteiger partial charge >= 0.3 is 0 Å². The predicted octanol–water partition coefficient (Wildman–Crippen LogP) is 2.06. The molecule has 5 heteroatoms. The minimum atomic E-state index is -0.121. The fourth-order valence-corrected chi connectivity index (χ4v) is 1.67. The highest BCUT2D eigenvalue weighted by Crippen LogP contribution is 2.20. The number of amides is 1. The van der Waals surface area contributed by atoms with E-state index in [-0.39, 0.29) is 5.91 Å². The second-order valence-corrected chi connectivity index (χ2v) is 3.75. The lowest BCUT2D eigenvalue weighted by Gasteiger charge is -1.93. The molecule has 72 valence electrons. The fraction of sp³-hybridized carbons (Fsp3) is 0.111. The average molecular weight is 254 g/mol. The van der Waals surface area contributed by atoms with E-state index in [0.717, 1.165) is 9.99 Å². The van der Waals surface area contributed by atoms with Gasteiger partial charge in [-0.05, 0) is 28.1 Å². The minimum Gasteiger partial charge on any atom is -0.309 e. The van der Waals surface area contributed by atoms with Gasteiger partial charge in [0.1, 0.15) is 0 Å². The van der Waals surface area contributed by atoms with Gasteiger partial charge in [-0.3, -0.25) is 4.79 Å². The summed E-state index contributed by atoms with van der Waals surface area (Å²) in [5.74, 6) is 0.439. The maximum absolute atomic E-state index is 10.8. The Morgan fingerprint density at radius 1 is 1.64 bits per heavy atom. The first-order valence-electron chi connectivity index (χ1n) is 4.08. The van der Waals surface area contributed by atoms with E-state index in [2.05, 4.69) is 26.3 Å². The van der Waals surface area contributed by atoms with Crippen LogP contribution in [0.1, 0.15) is 6.92 Å². The van der Waals surface area contributed by atoms with E-state index in [4.69, 9.17) is 0 Å². The minimum absolute atomic E-state index is 0.121. The second-order valence-electron chi connectivity index (χ2n) is 2.90. The number of hydrogen-bond acceptors (Lipinski definition) is 2. The Balaban J connectivity index is 2.51. The van der Waals surface area contributed by atoms with Crippen LogP contribution >= 0.6 is 15.9 Å². The molecule has 0 atom stereocenters. The Morgan fingerprint density at radius 3 is 3.07 bits per heavy atom. The van der Waals surface area contributed by atoms with Crippen molar-refractivity contribution in [2.45, 2.75) is 6.92 Å². The summed E-state index contributed by atoms with van der Waals surface area (Å²) in [5.41, 5.74) is 0.927. The molecule has 0 unspecified atom stereocenters. The molecule has 2 rings (SSSR count). The van der Waals surface area contributed by atoms with Gasteiger partial charge in [-0.1, -0.05) is 0 Å². The van der Waals surface area contributed by atoms with Gasteiger partial charge in [0.25, 0.3) is 0 Å². The average Bonchev–Trinajstić information content (AvgIpc) is 2.47. The zero-order valence-electron chi connectivity index (χ0n) is 7.49. The first kappa shape index (κ1) is 9.21. The zero-order valence-corrected chi connectivity index (χ0v) is 9.08. The van der Waals surface area contributed by atoms with E-state index < -0.39 is 0 Å². The molecule has 0 aliphatic carbocycles. The molecule has 0 fully saturated rings. The molecule has 2 aromatic rings. The van der Waals surface area contributed by atoms with Crippen molar-refractivity contribution in [3.8, 4) is 0 Å². The van der Waals surface area contributed by atoms with Crippen LogP contribution in [-0.2, 0) is 4.79 Å².